The summed E-state index contributed by atoms with van der Waals surface area (Å²) in [6.07, 6.45) is 1.04. The maximum absolute atomic E-state index is 11.1. The van der Waals surface area contributed by atoms with Crippen molar-refractivity contribution < 1.29 is 9.66 Å². The third kappa shape index (κ3) is 2.28. The smallest absolute Gasteiger partial charge is 0.274 e. The molecule has 0 saturated heterocycles. The van der Waals surface area contributed by atoms with Crippen LogP contribution in [-0.4, -0.2) is 12.0 Å². The molecular weight excluding hydrogens is 232 g/mol. The van der Waals surface area contributed by atoms with E-state index in [-0.39, 0.29) is 5.69 Å². The monoisotopic (exact) mass is 248 g/mol. The van der Waals surface area contributed by atoms with Crippen molar-refractivity contribution in [3.05, 3.63) is 33.9 Å². The van der Waals surface area contributed by atoms with Gasteiger partial charge in [-0.25, -0.2) is 0 Å². The quantitative estimate of drug-likeness (QED) is 0.592. The van der Waals surface area contributed by atoms with Crippen LogP contribution in [0.25, 0.3) is 0 Å². The van der Waals surface area contributed by atoms with Gasteiger partial charge in [0.05, 0.1) is 29.1 Å². The fourth-order valence-corrected chi connectivity index (χ4v) is 2.03. The van der Waals surface area contributed by atoms with E-state index in [0.717, 1.165) is 0 Å². The summed E-state index contributed by atoms with van der Waals surface area (Å²) in [5.41, 5.74) is -0.433. The molecule has 0 saturated carbocycles. The van der Waals surface area contributed by atoms with E-state index in [2.05, 4.69) is 6.07 Å². The molecule has 0 N–H and O–H groups in total. The Labute approximate surface area is 106 Å². The van der Waals surface area contributed by atoms with Gasteiger partial charge in [-0.3, -0.25) is 10.1 Å². The Morgan fingerprint density at radius 1 is 1.44 bits per heavy atom. The van der Waals surface area contributed by atoms with Crippen LogP contribution >= 0.6 is 0 Å². The zero-order valence-corrected chi connectivity index (χ0v) is 10.8. The van der Waals surface area contributed by atoms with Crippen LogP contribution in [0.3, 0.4) is 0 Å². The molecule has 1 aromatic rings. The van der Waals surface area contributed by atoms with E-state index >= 15 is 0 Å². The van der Waals surface area contributed by atoms with Crippen molar-refractivity contribution in [1.82, 2.24) is 0 Å². The van der Waals surface area contributed by atoms with Crippen LogP contribution < -0.4 is 4.74 Å². The molecule has 0 atom stereocenters. The first-order chi connectivity index (χ1) is 8.54. The molecule has 1 rings (SSSR count). The van der Waals surface area contributed by atoms with Crippen LogP contribution in [-0.2, 0) is 5.41 Å². The van der Waals surface area contributed by atoms with Gasteiger partial charge in [0.1, 0.15) is 5.75 Å². The normalized spacial score (nSPS) is 10.8. The zero-order chi connectivity index (χ0) is 13.8. The predicted molar refractivity (Wildman–Crippen MR) is 67.5 cm³/mol. The van der Waals surface area contributed by atoms with E-state index in [1.165, 1.54) is 19.2 Å². The van der Waals surface area contributed by atoms with Crippen molar-refractivity contribution in [2.75, 3.05) is 7.11 Å². The fraction of sp³-hybridized carbons (Fsp3) is 0.462. The van der Waals surface area contributed by atoms with Crippen LogP contribution in [0.15, 0.2) is 18.2 Å². The molecule has 0 aromatic heterocycles. The second-order valence-corrected chi connectivity index (χ2v) is 4.04. The number of hydrogen-bond donors (Lipinski definition) is 0. The van der Waals surface area contributed by atoms with E-state index in [4.69, 9.17) is 4.74 Å². The summed E-state index contributed by atoms with van der Waals surface area (Å²) in [4.78, 5) is 10.6. The molecule has 5 heteroatoms. The van der Waals surface area contributed by atoms with Gasteiger partial charge in [0.15, 0.2) is 0 Å². The molecule has 96 valence electrons. The van der Waals surface area contributed by atoms with Crippen molar-refractivity contribution in [1.29, 1.82) is 5.26 Å². The van der Waals surface area contributed by atoms with Crippen LogP contribution in [0.2, 0.25) is 0 Å². The number of hydrogen-bond acceptors (Lipinski definition) is 4. The van der Waals surface area contributed by atoms with Gasteiger partial charge in [0.25, 0.3) is 5.69 Å². The SMILES string of the molecule is CCC(C#N)(CC)c1cc(OC)ccc1[N+](=O)[O-]. The van der Waals surface area contributed by atoms with Gasteiger partial charge in [-0.05, 0) is 25.0 Å². The Morgan fingerprint density at radius 3 is 2.44 bits per heavy atom. The molecule has 0 aliphatic heterocycles. The standard InChI is InChI=1S/C13H16N2O3/c1-4-13(5-2,9-14)11-8-10(18-3)6-7-12(11)15(16)17/h6-8H,4-5H2,1-3H3. The third-order valence-corrected chi connectivity index (χ3v) is 3.34. The summed E-state index contributed by atoms with van der Waals surface area (Å²) >= 11 is 0. The first-order valence-corrected chi connectivity index (χ1v) is 5.78. The van der Waals surface area contributed by atoms with Crippen LogP contribution in [0.5, 0.6) is 5.75 Å². The molecule has 0 fully saturated rings. The predicted octanol–water partition coefficient (Wildman–Crippen LogP) is 3.18. The lowest BCUT2D eigenvalue weighted by molar-refractivity contribution is -0.386. The average molecular weight is 248 g/mol. The van der Waals surface area contributed by atoms with Crippen molar-refractivity contribution in [2.45, 2.75) is 32.1 Å². The zero-order valence-electron chi connectivity index (χ0n) is 10.8. The lowest BCUT2D eigenvalue weighted by Crippen LogP contribution is -2.23. The molecule has 0 amide bonds. The lowest BCUT2D eigenvalue weighted by Gasteiger charge is -2.23. The molecule has 0 radical (unpaired) electrons. The van der Waals surface area contributed by atoms with Gasteiger partial charge >= 0.3 is 0 Å². The summed E-state index contributed by atoms with van der Waals surface area (Å²) in [6.45, 7) is 3.71. The largest absolute Gasteiger partial charge is 0.497 e. The van der Waals surface area contributed by atoms with E-state index in [0.29, 0.717) is 24.2 Å². The van der Waals surface area contributed by atoms with E-state index < -0.39 is 10.3 Å². The van der Waals surface area contributed by atoms with E-state index in [1.54, 1.807) is 6.07 Å². The fourth-order valence-electron chi connectivity index (χ4n) is 2.03. The Balaban J connectivity index is 3.53. The van der Waals surface area contributed by atoms with Crippen molar-refractivity contribution in [3.63, 3.8) is 0 Å². The molecule has 0 bridgehead atoms. The second kappa shape index (κ2) is 5.50. The van der Waals surface area contributed by atoms with Crippen LogP contribution in [0, 0.1) is 21.4 Å². The molecule has 0 aliphatic rings. The van der Waals surface area contributed by atoms with E-state index in [1.807, 2.05) is 13.8 Å². The number of nitro benzene ring substituents is 1. The van der Waals surface area contributed by atoms with Crippen molar-refractivity contribution in [2.24, 2.45) is 0 Å². The average Bonchev–Trinajstić information content (AvgIpc) is 2.41. The highest BCUT2D eigenvalue weighted by atomic mass is 16.6. The van der Waals surface area contributed by atoms with Crippen molar-refractivity contribution >= 4 is 5.69 Å². The first kappa shape index (κ1) is 14.0. The van der Waals surface area contributed by atoms with Crippen molar-refractivity contribution in [3.8, 4) is 11.8 Å². The Kier molecular flexibility index (Phi) is 4.27. The topological polar surface area (TPSA) is 76.2 Å². The molecule has 0 aliphatic carbocycles. The molecule has 0 spiro atoms. The van der Waals surface area contributed by atoms with Gasteiger partial charge in [0.2, 0.25) is 0 Å². The molecule has 0 heterocycles. The Bertz CT molecular complexity index is 487. The minimum atomic E-state index is -0.836. The number of methoxy groups -OCH3 is 1. The summed E-state index contributed by atoms with van der Waals surface area (Å²) in [6, 6.07) is 6.74. The summed E-state index contributed by atoms with van der Waals surface area (Å²) in [5.74, 6) is 0.525. The summed E-state index contributed by atoms with van der Waals surface area (Å²) in [7, 11) is 1.50. The molecule has 5 nitrogen and oxygen atoms in total. The number of nitro groups is 1. The molecule has 18 heavy (non-hydrogen) atoms. The number of benzene rings is 1. The number of rotatable bonds is 5. The number of nitrogens with zero attached hydrogens (tertiary/aromatic N) is 2. The third-order valence-electron chi connectivity index (χ3n) is 3.34. The highest BCUT2D eigenvalue weighted by Crippen LogP contribution is 2.38. The number of ether oxygens (including phenoxy) is 1. The summed E-state index contributed by atoms with van der Waals surface area (Å²) in [5, 5.41) is 20.5. The maximum Gasteiger partial charge on any atom is 0.274 e. The molecule has 0 unspecified atom stereocenters. The summed E-state index contributed by atoms with van der Waals surface area (Å²) < 4.78 is 5.09. The Hall–Kier alpha value is -2.09. The van der Waals surface area contributed by atoms with Gasteiger partial charge < -0.3 is 4.74 Å². The van der Waals surface area contributed by atoms with Crippen LogP contribution in [0.1, 0.15) is 32.3 Å². The van der Waals surface area contributed by atoms with Gasteiger partial charge in [0, 0.05) is 6.07 Å². The Morgan fingerprint density at radius 2 is 2.06 bits per heavy atom. The maximum atomic E-state index is 11.1. The highest BCUT2D eigenvalue weighted by molar-refractivity contribution is 5.52. The van der Waals surface area contributed by atoms with Gasteiger partial charge in [-0.1, -0.05) is 13.8 Å². The van der Waals surface area contributed by atoms with Gasteiger partial charge in [-0.15, -0.1) is 0 Å². The molecular formula is C13H16N2O3. The lowest BCUT2D eigenvalue weighted by atomic mass is 9.76. The van der Waals surface area contributed by atoms with Crippen LogP contribution in [0.4, 0.5) is 5.69 Å². The first-order valence-electron chi connectivity index (χ1n) is 5.78. The number of nitriles is 1. The second-order valence-electron chi connectivity index (χ2n) is 4.04. The van der Waals surface area contributed by atoms with Gasteiger partial charge in [-0.2, -0.15) is 5.26 Å². The molecule has 1 aromatic carbocycles. The minimum absolute atomic E-state index is 0.0268. The highest BCUT2D eigenvalue weighted by Gasteiger charge is 2.35. The minimum Gasteiger partial charge on any atom is -0.497 e. The van der Waals surface area contributed by atoms with E-state index in [9.17, 15) is 15.4 Å².